The number of aryl methyl sites for hydroxylation is 1. The summed E-state index contributed by atoms with van der Waals surface area (Å²) in [5.74, 6) is -1.05. The maximum absolute atomic E-state index is 13.7. The molecule has 1 amide bonds. The fraction of sp³-hybridized carbons (Fsp3) is 0.200. The van der Waals surface area contributed by atoms with Gasteiger partial charge in [-0.1, -0.05) is 17.7 Å². The minimum absolute atomic E-state index is 0.0350. The van der Waals surface area contributed by atoms with E-state index in [9.17, 15) is 9.18 Å². The largest absolute Gasteiger partial charge is 0.385 e. The Morgan fingerprint density at radius 1 is 1.43 bits per heavy atom. The van der Waals surface area contributed by atoms with Crippen molar-refractivity contribution >= 4 is 28.9 Å². The van der Waals surface area contributed by atoms with E-state index in [2.05, 4.69) is 15.6 Å². The maximum Gasteiger partial charge on any atom is 0.259 e. The molecule has 1 heterocycles. The van der Waals surface area contributed by atoms with Gasteiger partial charge in [0.05, 0.1) is 22.0 Å². The van der Waals surface area contributed by atoms with E-state index in [0.717, 1.165) is 5.69 Å². The molecule has 1 aromatic carbocycles. The Labute approximate surface area is 127 Å². The smallest absolute Gasteiger partial charge is 0.259 e. The molecule has 0 saturated carbocycles. The van der Waals surface area contributed by atoms with Gasteiger partial charge in [-0.05, 0) is 32.0 Å². The number of halogens is 2. The van der Waals surface area contributed by atoms with Crippen LogP contribution in [-0.4, -0.2) is 17.4 Å². The summed E-state index contributed by atoms with van der Waals surface area (Å²) in [6, 6.07) is 5.99. The molecule has 0 aliphatic rings. The van der Waals surface area contributed by atoms with Gasteiger partial charge in [-0.3, -0.25) is 9.78 Å². The number of carbonyl (C=O) groups is 1. The zero-order valence-electron chi connectivity index (χ0n) is 11.7. The molecular weight excluding hydrogens is 293 g/mol. The summed E-state index contributed by atoms with van der Waals surface area (Å²) in [6.07, 6.45) is 1.46. The zero-order chi connectivity index (χ0) is 15.4. The Hall–Kier alpha value is -2.14. The molecule has 21 heavy (non-hydrogen) atoms. The van der Waals surface area contributed by atoms with Crippen LogP contribution in [0.3, 0.4) is 0 Å². The van der Waals surface area contributed by atoms with Crippen molar-refractivity contribution in [3.8, 4) is 0 Å². The normalized spacial score (nSPS) is 10.3. The number of nitrogens with one attached hydrogen (secondary N) is 2. The van der Waals surface area contributed by atoms with Gasteiger partial charge in [0.2, 0.25) is 0 Å². The van der Waals surface area contributed by atoms with Crippen LogP contribution < -0.4 is 10.6 Å². The number of rotatable bonds is 4. The molecule has 110 valence electrons. The van der Waals surface area contributed by atoms with Gasteiger partial charge in [0, 0.05) is 18.4 Å². The summed E-state index contributed by atoms with van der Waals surface area (Å²) in [4.78, 5) is 16.4. The molecule has 0 fully saturated rings. The fourth-order valence-electron chi connectivity index (χ4n) is 1.88. The molecule has 2 N–H and O–H groups in total. The molecule has 2 rings (SSSR count). The van der Waals surface area contributed by atoms with Crippen molar-refractivity contribution in [2.75, 3.05) is 17.2 Å². The van der Waals surface area contributed by atoms with Gasteiger partial charge < -0.3 is 10.6 Å². The van der Waals surface area contributed by atoms with E-state index in [4.69, 9.17) is 11.6 Å². The molecule has 0 atom stereocenters. The van der Waals surface area contributed by atoms with E-state index < -0.39 is 11.7 Å². The molecule has 0 unspecified atom stereocenters. The van der Waals surface area contributed by atoms with Crippen molar-refractivity contribution in [2.45, 2.75) is 13.8 Å². The van der Waals surface area contributed by atoms with Gasteiger partial charge in [0.15, 0.2) is 0 Å². The van der Waals surface area contributed by atoms with Crippen LogP contribution in [0.2, 0.25) is 5.02 Å². The van der Waals surface area contributed by atoms with Crippen molar-refractivity contribution in [3.05, 3.63) is 52.6 Å². The summed E-state index contributed by atoms with van der Waals surface area (Å²) in [5.41, 5.74) is 1.73. The average molecular weight is 308 g/mol. The van der Waals surface area contributed by atoms with E-state index in [-0.39, 0.29) is 10.7 Å². The van der Waals surface area contributed by atoms with Crippen LogP contribution in [0.4, 0.5) is 15.8 Å². The van der Waals surface area contributed by atoms with Gasteiger partial charge in [0.1, 0.15) is 5.82 Å². The van der Waals surface area contributed by atoms with Crippen LogP contribution in [0.25, 0.3) is 0 Å². The predicted molar refractivity (Wildman–Crippen MR) is 82.5 cm³/mol. The number of carbonyl (C=O) groups excluding carboxylic acids is 1. The monoisotopic (exact) mass is 307 g/mol. The highest BCUT2D eigenvalue weighted by Gasteiger charge is 2.16. The highest BCUT2D eigenvalue weighted by molar-refractivity contribution is 6.34. The zero-order valence-corrected chi connectivity index (χ0v) is 12.5. The molecule has 0 aliphatic carbocycles. The molecule has 1 aromatic heterocycles. The minimum Gasteiger partial charge on any atom is -0.385 e. The fourth-order valence-corrected chi connectivity index (χ4v) is 2.09. The summed E-state index contributed by atoms with van der Waals surface area (Å²) in [7, 11) is 0. The molecule has 6 heteroatoms. The molecule has 0 radical (unpaired) electrons. The second kappa shape index (κ2) is 6.54. The number of hydrogen-bond acceptors (Lipinski definition) is 3. The molecule has 0 bridgehead atoms. The summed E-state index contributed by atoms with van der Waals surface area (Å²) < 4.78 is 13.7. The van der Waals surface area contributed by atoms with Gasteiger partial charge in [-0.25, -0.2) is 4.39 Å². The Bertz CT molecular complexity index is 656. The lowest BCUT2D eigenvalue weighted by molar-refractivity contribution is 0.102. The number of anilines is 2. The third-order valence-corrected chi connectivity index (χ3v) is 3.17. The number of amides is 1. The first kappa shape index (κ1) is 15.3. The highest BCUT2D eigenvalue weighted by atomic mass is 35.5. The molecule has 0 spiro atoms. The predicted octanol–water partition coefficient (Wildman–Crippen LogP) is 3.87. The van der Waals surface area contributed by atoms with Gasteiger partial charge >= 0.3 is 0 Å². The van der Waals surface area contributed by atoms with E-state index in [1.165, 1.54) is 24.4 Å². The van der Waals surface area contributed by atoms with E-state index in [1.54, 1.807) is 6.07 Å². The van der Waals surface area contributed by atoms with Crippen molar-refractivity contribution in [2.24, 2.45) is 0 Å². The van der Waals surface area contributed by atoms with E-state index in [0.29, 0.717) is 17.8 Å². The van der Waals surface area contributed by atoms with Crippen LogP contribution in [0.15, 0.2) is 30.5 Å². The van der Waals surface area contributed by atoms with E-state index >= 15 is 0 Å². The summed E-state index contributed by atoms with van der Waals surface area (Å²) in [6.45, 7) is 4.41. The standard InChI is InChI=1S/C15H15ClFN3O/c1-3-18-13-7-9(2)19-8-10(13)15(21)20-14-11(16)5-4-6-12(14)17/h4-8H,3H2,1-2H3,(H,18,19)(H,20,21). The lowest BCUT2D eigenvalue weighted by atomic mass is 10.2. The van der Waals surface area contributed by atoms with Crippen molar-refractivity contribution in [1.29, 1.82) is 0 Å². The quantitative estimate of drug-likeness (QED) is 0.901. The second-order valence-corrected chi connectivity index (χ2v) is 4.86. The van der Waals surface area contributed by atoms with Crippen molar-refractivity contribution in [3.63, 3.8) is 0 Å². The lowest BCUT2D eigenvalue weighted by Gasteiger charge is -2.12. The van der Waals surface area contributed by atoms with Crippen molar-refractivity contribution in [1.82, 2.24) is 4.98 Å². The van der Waals surface area contributed by atoms with E-state index in [1.807, 2.05) is 13.8 Å². The summed E-state index contributed by atoms with van der Waals surface area (Å²) >= 11 is 5.90. The molecule has 2 aromatic rings. The Morgan fingerprint density at radius 2 is 2.19 bits per heavy atom. The Balaban J connectivity index is 2.32. The van der Waals surface area contributed by atoms with Crippen LogP contribution in [-0.2, 0) is 0 Å². The SMILES string of the molecule is CCNc1cc(C)ncc1C(=O)Nc1c(F)cccc1Cl. The Kier molecular flexibility index (Phi) is 4.75. The minimum atomic E-state index is -0.582. The number of para-hydroxylation sites is 1. The van der Waals surface area contributed by atoms with Gasteiger partial charge in [-0.2, -0.15) is 0 Å². The third kappa shape index (κ3) is 3.49. The van der Waals surface area contributed by atoms with Crippen molar-refractivity contribution < 1.29 is 9.18 Å². The number of aromatic nitrogens is 1. The number of benzene rings is 1. The maximum atomic E-state index is 13.7. The van der Waals surface area contributed by atoms with Crippen LogP contribution >= 0.6 is 11.6 Å². The first-order chi connectivity index (χ1) is 10.0. The second-order valence-electron chi connectivity index (χ2n) is 4.45. The third-order valence-electron chi connectivity index (χ3n) is 2.85. The van der Waals surface area contributed by atoms with Gasteiger partial charge in [-0.15, -0.1) is 0 Å². The topological polar surface area (TPSA) is 54.0 Å². The lowest BCUT2D eigenvalue weighted by Crippen LogP contribution is -2.16. The molecule has 4 nitrogen and oxygen atoms in total. The Morgan fingerprint density at radius 3 is 2.86 bits per heavy atom. The highest BCUT2D eigenvalue weighted by Crippen LogP contribution is 2.26. The number of hydrogen-bond donors (Lipinski definition) is 2. The van der Waals surface area contributed by atoms with Crippen LogP contribution in [0.5, 0.6) is 0 Å². The number of nitrogens with zero attached hydrogens (tertiary/aromatic N) is 1. The molecular formula is C15H15ClFN3O. The average Bonchev–Trinajstić information content (AvgIpc) is 2.43. The van der Waals surface area contributed by atoms with Gasteiger partial charge in [0.25, 0.3) is 5.91 Å². The first-order valence-corrected chi connectivity index (χ1v) is 6.86. The molecule has 0 saturated heterocycles. The summed E-state index contributed by atoms with van der Waals surface area (Å²) in [5, 5.41) is 5.72. The molecule has 0 aliphatic heterocycles. The van der Waals surface area contributed by atoms with Crippen LogP contribution in [0.1, 0.15) is 23.0 Å². The van der Waals surface area contributed by atoms with Crippen LogP contribution in [0, 0.1) is 12.7 Å². The number of pyridine rings is 1. The first-order valence-electron chi connectivity index (χ1n) is 6.48.